The van der Waals surface area contributed by atoms with Gasteiger partial charge in [-0.15, -0.1) is 0 Å². The molecule has 0 fully saturated rings. The van der Waals surface area contributed by atoms with Crippen LogP contribution in [0.25, 0.3) is 0 Å². The van der Waals surface area contributed by atoms with Gasteiger partial charge in [0.1, 0.15) is 17.2 Å². The lowest BCUT2D eigenvalue weighted by Gasteiger charge is -2.09. The summed E-state index contributed by atoms with van der Waals surface area (Å²) in [7, 11) is -3.74. The highest BCUT2D eigenvalue weighted by atomic mass is 32.2. The van der Waals surface area contributed by atoms with Crippen molar-refractivity contribution in [2.45, 2.75) is 11.8 Å². The van der Waals surface area contributed by atoms with Gasteiger partial charge >= 0.3 is 0 Å². The maximum Gasteiger partial charge on any atom is 0.238 e. The molecule has 0 aliphatic rings. The van der Waals surface area contributed by atoms with Gasteiger partial charge < -0.3 is 9.47 Å². The standard InChI is InChI=1S/C14H15NO4S/c1-2-18-11-5-3-6-12(9-11)19-13-7-4-8-14(10-13)20(15,16)17/h3-10H,2H2,1H3,(H2,15,16,17). The lowest BCUT2D eigenvalue weighted by Crippen LogP contribution is -2.11. The van der Waals surface area contributed by atoms with E-state index in [0.29, 0.717) is 23.9 Å². The number of benzene rings is 2. The highest BCUT2D eigenvalue weighted by Crippen LogP contribution is 2.26. The summed E-state index contributed by atoms with van der Waals surface area (Å²) in [5.41, 5.74) is 0. The summed E-state index contributed by atoms with van der Waals surface area (Å²) >= 11 is 0. The van der Waals surface area contributed by atoms with E-state index in [-0.39, 0.29) is 4.90 Å². The second kappa shape index (κ2) is 5.94. The molecule has 0 saturated carbocycles. The third kappa shape index (κ3) is 3.72. The SMILES string of the molecule is CCOc1cccc(Oc2cccc(S(N)(=O)=O)c2)c1. The van der Waals surface area contributed by atoms with Crippen LogP contribution in [0.3, 0.4) is 0 Å². The topological polar surface area (TPSA) is 78.6 Å². The number of hydrogen-bond acceptors (Lipinski definition) is 4. The predicted octanol–water partition coefficient (Wildman–Crippen LogP) is 2.53. The molecule has 0 bridgehead atoms. The van der Waals surface area contributed by atoms with Gasteiger partial charge in [0.15, 0.2) is 0 Å². The fourth-order valence-corrected chi connectivity index (χ4v) is 2.19. The Morgan fingerprint density at radius 1 is 1.00 bits per heavy atom. The lowest BCUT2D eigenvalue weighted by atomic mass is 10.3. The maximum absolute atomic E-state index is 11.3. The summed E-state index contributed by atoms with van der Waals surface area (Å²) in [6.45, 7) is 2.45. The molecule has 0 spiro atoms. The summed E-state index contributed by atoms with van der Waals surface area (Å²) in [6, 6.07) is 13.1. The van der Waals surface area contributed by atoms with Crippen molar-refractivity contribution >= 4 is 10.0 Å². The molecule has 0 saturated heterocycles. The summed E-state index contributed by atoms with van der Waals surface area (Å²) in [6.07, 6.45) is 0. The highest BCUT2D eigenvalue weighted by molar-refractivity contribution is 7.89. The molecule has 2 aromatic rings. The average molecular weight is 293 g/mol. The Morgan fingerprint density at radius 2 is 1.60 bits per heavy atom. The molecular formula is C14H15NO4S. The molecule has 0 atom stereocenters. The number of nitrogens with two attached hydrogens (primary N) is 1. The molecule has 20 heavy (non-hydrogen) atoms. The van der Waals surface area contributed by atoms with Crippen LogP contribution in [0, 0.1) is 0 Å². The Hall–Kier alpha value is -2.05. The van der Waals surface area contributed by atoms with Gasteiger partial charge in [0.25, 0.3) is 0 Å². The molecule has 0 radical (unpaired) electrons. The van der Waals surface area contributed by atoms with Crippen LogP contribution < -0.4 is 14.6 Å². The Balaban J connectivity index is 2.24. The summed E-state index contributed by atoms with van der Waals surface area (Å²) < 4.78 is 33.5. The van der Waals surface area contributed by atoms with Gasteiger partial charge in [-0.25, -0.2) is 13.6 Å². The van der Waals surface area contributed by atoms with E-state index in [9.17, 15) is 8.42 Å². The molecule has 0 aliphatic heterocycles. The monoisotopic (exact) mass is 293 g/mol. The molecule has 0 aromatic heterocycles. The Bertz CT molecular complexity index is 698. The van der Waals surface area contributed by atoms with Gasteiger partial charge in [-0.1, -0.05) is 12.1 Å². The maximum atomic E-state index is 11.3. The zero-order chi connectivity index (χ0) is 14.6. The van der Waals surface area contributed by atoms with Crippen LogP contribution in [0.4, 0.5) is 0 Å². The fourth-order valence-electron chi connectivity index (χ4n) is 1.64. The largest absolute Gasteiger partial charge is 0.494 e. The van der Waals surface area contributed by atoms with Crippen LogP contribution in [0.2, 0.25) is 0 Å². The van der Waals surface area contributed by atoms with Crippen molar-refractivity contribution in [2.75, 3.05) is 6.61 Å². The lowest BCUT2D eigenvalue weighted by molar-refractivity contribution is 0.338. The van der Waals surface area contributed by atoms with Crippen molar-refractivity contribution in [1.29, 1.82) is 0 Å². The van der Waals surface area contributed by atoms with E-state index < -0.39 is 10.0 Å². The third-order valence-electron chi connectivity index (χ3n) is 2.49. The summed E-state index contributed by atoms with van der Waals surface area (Å²) in [5, 5.41) is 5.08. The van der Waals surface area contributed by atoms with E-state index in [1.807, 2.05) is 13.0 Å². The van der Waals surface area contributed by atoms with Crippen LogP contribution in [-0.2, 0) is 10.0 Å². The fraction of sp³-hybridized carbons (Fsp3) is 0.143. The number of sulfonamides is 1. The first-order chi connectivity index (χ1) is 9.49. The minimum atomic E-state index is -3.74. The number of rotatable bonds is 5. The number of primary sulfonamides is 1. The summed E-state index contributed by atoms with van der Waals surface area (Å²) in [4.78, 5) is 0.0102. The van der Waals surface area contributed by atoms with Crippen molar-refractivity contribution in [3.8, 4) is 17.2 Å². The van der Waals surface area contributed by atoms with Gasteiger partial charge in [-0.3, -0.25) is 0 Å². The minimum absolute atomic E-state index is 0.0102. The number of hydrogen-bond donors (Lipinski definition) is 1. The molecule has 0 heterocycles. The zero-order valence-corrected chi connectivity index (χ0v) is 11.8. The van der Waals surface area contributed by atoms with E-state index in [2.05, 4.69) is 0 Å². The molecular weight excluding hydrogens is 278 g/mol. The molecule has 2 N–H and O–H groups in total. The number of ether oxygens (including phenoxy) is 2. The van der Waals surface area contributed by atoms with Gasteiger partial charge in [-0.05, 0) is 31.2 Å². The Kier molecular flexibility index (Phi) is 4.26. The van der Waals surface area contributed by atoms with Crippen molar-refractivity contribution in [3.05, 3.63) is 48.5 Å². The first-order valence-corrected chi connectivity index (χ1v) is 7.57. The molecule has 6 heteroatoms. The Labute approximate surface area is 118 Å². The van der Waals surface area contributed by atoms with Crippen LogP contribution in [-0.4, -0.2) is 15.0 Å². The third-order valence-corrected chi connectivity index (χ3v) is 3.40. The van der Waals surface area contributed by atoms with Crippen molar-refractivity contribution in [3.63, 3.8) is 0 Å². The molecule has 0 amide bonds. The first-order valence-electron chi connectivity index (χ1n) is 6.02. The molecule has 0 unspecified atom stereocenters. The van der Waals surface area contributed by atoms with E-state index in [1.165, 1.54) is 12.1 Å². The van der Waals surface area contributed by atoms with Crippen LogP contribution in [0.1, 0.15) is 6.92 Å². The van der Waals surface area contributed by atoms with Crippen molar-refractivity contribution in [2.24, 2.45) is 5.14 Å². The predicted molar refractivity (Wildman–Crippen MR) is 75.5 cm³/mol. The molecule has 0 aliphatic carbocycles. The van der Waals surface area contributed by atoms with Crippen LogP contribution in [0.15, 0.2) is 53.4 Å². The average Bonchev–Trinajstić information content (AvgIpc) is 2.39. The van der Waals surface area contributed by atoms with E-state index in [0.717, 1.165) is 0 Å². The van der Waals surface area contributed by atoms with E-state index >= 15 is 0 Å². The zero-order valence-electron chi connectivity index (χ0n) is 10.9. The molecule has 2 rings (SSSR count). The van der Waals surface area contributed by atoms with Gasteiger partial charge in [0.2, 0.25) is 10.0 Å². The van der Waals surface area contributed by atoms with Gasteiger partial charge in [0, 0.05) is 12.1 Å². The van der Waals surface area contributed by atoms with Gasteiger partial charge in [0.05, 0.1) is 11.5 Å². The van der Waals surface area contributed by atoms with Crippen LogP contribution >= 0.6 is 0 Å². The first kappa shape index (κ1) is 14.4. The molecule has 106 valence electrons. The second-order valence-corrected chi connectivity index (χ2v) is 5.59. The smallest absolute Gasteiger partial charge is 0.238 e. The van der Waals surface area contributed by atoms with Crippen molar-refractivity contribution in [1.82, 2.24) is 0 Å². The van der Waals surface area contributed by atoms with Crippen LogP contribution in [0.5, 0.6) is 17.2 Å². The normalized spacial score (nSPS) is 11.1. The minimum Gasteiger partial charge on any atom is -0.494 e. The highest BCUT2D eigenvalue weighted by Gasteiger charge is 2.09. The van der Waals surface area contributed by atoms with E-state index in [1.54, 1.807) is 30.3 Å². The summed E-state index contributed by atoms with van der Waals surface area (Å²) in [5.74, 6) is 1.64. The quantitative estimate of drug-likeness (QED) is 0.918. The van der Waals surface area contributed by atoms with E-state index in [4.69, 9.17) is 14.6 Å². The van der Waals surface area contributed by atoms with Crippen molar-refractivity contribution < 1.29 is 17.9 Å². The molecule has 2 aromatic carbocycles. The Morgan fingerprint density at radius 3 is 2.25 bits per heavy atom. The second-order valence-electron chi connectivity index (χ2n) is 4.03. The molecule has 5 nitrogen and oxygen atoms in total. The van der Waals surface area contributed by atoms with Gasteiger partial charge in [-0.2, -0.15) is 0 Å².